The molecule has 7 heteroatoms. The molecule has 0 spiro atoms. The van der Waals surface area contributed by atoms with Crippen molar-refractivity contribution in [3.63, 3.8) is 0 Å². The van der Waals surface area contributed by atoms with Crippen LogP contribution in [-0.4, -0.2) is 41.3 Å². The zero-order chi connectivity index (χ0) is 25.4. The first-order chi connectivity index (χ1) is 18.3. The molecule has 0 amide bonds. The summed E-state index contributed by atoms with van der Waals surface area (Å²) in [4.78, 5) is 0. The number of rotatable bonds is 16. The summed E-state index contributed by atoms with van der Waals surface area (Å²) in [6.07, 6.45) is 0. The van der Waals surface area contributed by atoms with Crippen molar-refractivity contribution >= 4 is 37.3 Å². The second-order valence-corrected chi connectivity index (χ2v) is 8.82. The van der Waals surface area contributed by atoms with E-state index in [1.54, 1.807) is 0 Å². The van der Waals surface area contributed by atoms with Gasteiger partial charge in [-0.05, 0) is 35.4 Å². The van der Waals surface area contributed by atoms with Crippen LogP contribution in [0.15, 0.2) is 109 Å². The maximum absolute atomic E-state index is 5.92. The van der Waals surface area contributed by atoms with Gasteiger partial charge in [0.2, 0.25) is 0 Å². The Kier molecular flexibility index (Phi) is 11.2. The van der Waals surface area contributed by atoms with E-state index in [4.69, 9.17) is 14.0 Å². The van der Waals surface area contributed by atoms with Gasteiger partial charge >= 0.3 is 15.0 Å². The van der Waals surface area contributed by atoms with Crippen LogP contribution in [0.25, 0.3) is 0 Å². The van der Waals surface area contributed by atoms with Crippen molar-refractivity contribution in [2.75, 3.05) is 36.9 Å². The number of hydrogen-bond donors (Lipinski definition) is 2. The second-order valence-electron chi connectivity index (χ2n) is 8.82. The summed E-state index contributed by atoms with van der Waals surface area (Å²) in [5, 5.41) is 6.70. The van der Waals surface area contributed by atoms with E-state index in [-0.39, 0.29) is 0 Å². The van der Waals surface area contributed by atoms with Crippen molar-refractivity contribution in [2.45, 2.75) is 13.2 Å². The monoisotopic (exact) mass is 492 g/mol. The molecule has 0 aromatic heterocycles. The molecule has 0 aliphatic rings. The van der Waals surface area contributed by atoms with Gasteiger partial charge < -0.3 is 24.7 Å². The molecule has 0 radical (unpaired) electrons. The molecule has 0 aliphatic heterocycles. The Morgan fingerprint density at radius 3 is 1.30 bits per heavy atom. The lowest BCUT2D eigenvalue weighted by atomic mass is 9.87. The molecule has 0 atom stereocenters. The summed E-state index contributed by atoms with van der Waals surface area (Å²) in [6, 6.07) is 37.2. The summed E-state index contributed by atoms with van der Waals surface area (Å²) in [5.41, 5.74) is 6.87. The molecule has 0 fully saturated rings. The molecule has 37 heavy (non-hydrogen) atoms. The van der Waals surface area contributed by atoms with Crippen LogP contribution in [0.1, 0.15) is 11.1 Å². The van der Waals surface area contributed by atoms with E-state index >= 15 is 0 Å². The molecule has 5 nitrogen and oxygen atoms in total. The predicted molar refractivity (Wildman–Crippen MR) is 157 cm³/mol. The Morgan fingerprint density at radius 1 is 0.486 bits per heavy atom. The van der Waals surface area contributed by atoms with Crippen LogP contribution in [0.4, 0.5) is 11.4 Å². The quantitative estimate of drug-likeness (QED) is 0.185. The van der Waals surface area contributed by atoms with E-state index in [1.807, 2.05) is 36.4 Å². The summed E-state index contributed by atoms with van der Waals surface area (Å²) in [6.45, 7) is 4.07. The van der Waals surface area contributed by atoms with Crippen LogP contribution in [0.3, 0.4) is 0 Å². The number of anilines is 2. The molecular weight excluding hydrogens is 458 g/mol. The molecule has 0 bridgehead atoms. The number of nitrogens with one attached hydrogen (secondary N) is 2. The van der Waals surface area contributed by atoms with Crippen LogP contribution in [0.2, 0.25) is 0 Å². The van der Waals surface area contributed by atoms with E-state index in [0.717, 1.165) is 46.5 Å². The number of ether oxygens (including phenoxy) is 1. The lowest BCUT2D eigenvalue weighted by Crippen LogP contribution is -2.21. The average Bonchev–Trinajstić information content (AvgIpc) is 2.95. The van der Waals surface area contributed by atoms with Gasteiger partial charge in [-0.15, -0.1) is 0 Å². The fourth-order valence-electron chi connectivity index (χ4n) is 3.78. The van der Waals surface area contributed by atoms with Gasteiger partial charge in [0.1, 0.15) is 0 Å². The Morgan fingerprint density at radius 2 is 0.892 bits per heavy atom. The highest BCUT2D eigenvalue weighted by atomic mass is 16.5. The van der Waals surface area contributed by atoms with Gasteiger partial charge in [-0.3, -0.25) is 0 Å². The molecule has 0 saturated heterocycles. The smallest absolute Gasteiger partial charge is 0.308 e. The Hall–Kier alpha value is -3.51. The minimum atomic E-state index is 0.585. The van der Waals surface area contributed by atoms with Gasteiger partial charge in [-0.2, -0.15) is 0 Å². The maximum Gasteiger partial charge on any atom is 0.308 e. The number of para-hydroxylation sites is 2. The van der Waals surface area contributed by atoms with Crippen molar-refractivity contribution in [3.8, 4) is 0 Å². The molecule has 0 aliphatic carbocycles. The maximum atomic E-state index is 5.92. The SMILES string of the molecule is B(OCCNc1ccccc1)c1ccc(COCc2ccc(BOCCNc3ccccc3)cc2)cc1. The molecule has 0 saturated carbocycles. The number of hydrogen-bond acceptors (Lipinski definition) is 5. The summed E-state index contributed by atoms with van der Waals surface area (Å²) < 4.78 is 17.5. The van der Waals surface area contributed by atoms with Crippen LogP contribution in [-0.2, 0) is 27.3 Å². The van der Waals surface area contributed by atoms with Crippen molar-refractivity contribution < 1.29 is 14.0 Å². The minimum absolute atomic E-state index is 0.585. The summed E-state index contributed by atoms with van der Waals surface area (Å²) >= 11 is 0. The topological polar surface area (TPSA) is 51.8 Å². The lowest BCUT2D eigenvalue weighted by Gasteiger charge is -2.09. The van der Waals surface area contributed by atoms with E-state index in [1.165, 1.54) is 0 Å². The molecular formula is C30H34B2N2O3. The summed E-state index contributed by atoms with van der Waals surface area (Å²) in [7, 11) is 1.22. The van der Waals surface area contributed by atoms with Crippen LogP contribution in [0, 0.1) is 0 Å². The fourth-order valence-corrected chi connectivity index (χ4v) is 3.78. The Balaban J connectivity index is 1.05. The van der Waals surface area contributed by atoms with Gasteiger partial charge in [0.05, 0.1) is 13.2 Å². The zero-order valence-corrected chi connectivity index (χ0v) is 21.3. The number of benzene rings is 4. The van der Waals surface area contributed by atoms with Crippen molar-refractivity contribution in [1.82, 2.24) is 0 Å². The van der Waals surface area contributed by atoms with Gasteiger partial charge in [0, 0.05) is 37.7 Å². The molecule has 2 N–H and O–H groups in total. The fraction of sp³-hybridized carbons (Fsp3) is 0.200. The Bertz CT molecular complexity index is 1050. The standard InChI is InChI=1S/C30H34B2N2O3/c1-3-7-29(8-4-1)33-19-21-36-31-27-15-11-25(12-16-27)23-35-24-26-13-17-28(18-14-26)32-37-22-20-34-30-9-5-2-6-10-30/h1-18,31-34H,19-24H2. The largest absolute Gasteiger partial charge is 0.433 e. The first kappa shape index (κ1) is 26.6. The highest BCUT2D eigenvalue weighted by Crippen LogP contribution is 2.06. The van der Waals surface area contributed by atoms with E-state index in [0.29, 0.717) is 41.4 Å². The van der Waals surface area contributed by atoms with Crippen LogP contribution in [0.5, 0.6) is 0 Å². The van der Waals surface area contributed by atoms with Gasteiger partial charge in [0.15, 0.2) is 0 Å². The van der Waals surface area contributed by atoms with Crippen LogP contribution < -0.4 is 21.6 Å². The third-order valence-electron chi connectivity index (χ3n) is 5.82. The molecule has 188 valence electrons. The zero-order valence-electron chi connectivity index (χ0n) is 21.3. The highest BCUT2D eigenvalue weighted by molar-refractivity contribution is 6.47. The van der Waals surface area contributed by atoms with Gasteiger partial charge in [-0.25, -0.2) is 0 Å². The first-order valence-electron chi connectivity index (χ1n) is 12.8. The van der Waals surface area contributed by atoms with E-state index < -0.39 is 0 Å². The third kappa shape index (κ3) is 10.2. The molecule has 0 unspecified atom stereocenters. The summed E-state index contributed by atoms with van der Waals surface area (Å²) in [5.74, 6) is 0. The Labute approximate surface area is 221 Å². The third-order valence-corrected chi connectivity index (χ3v) is 5.82. The van der Waals surface area contributed by atoms with Crippen molar-refractivity contribution in [2.24, 2.45) is 0 Å². The van der Waals surface area contributed by atoms with Crippen molar-refractivity contribution in [1.29, 1.82) is 0 Å². The second kappa shape index (κ2) is 15.6. The van der Waals surface area contributed by atoms with E-state index in [2.05, 4.69) is 83.4 Å². The van der Waals surface area contributed by atoms with Crippen LogP contribution >= 0.6 is 0 Å². The highest BCUT2D eigenvalue weighted by Gasteiger charge is 2.01. The average molecular weight is 492 g/mol. The van der Waals surface area contributed by atoms with E-state index in [9.17, 15) is 0 Å². The van der Waals surface area contributed by atoms with Crippen molar-refractivity contribution in [3.05, 3.63) is 120 Å². The first-order valence-corrected chi connectivity index (χ1v) is 12.8. The van der Waals surface area contributed by atoms with Gasteiger partial charge in [0.25, 0.3) is 0 Å². The molecule has 4 aromatic rings. The molecule has 4 rings (SSSR count). The predicted octanol–water partition coefficient (Wildman–Crippen LogP) is 3.61. The normalized spacial score (nSPS) is 10.6. The molecule has 0 heterocycles. The van der Waals surface area contributed by atoms with Gasteiger partial charge in [-0.1, -0.05) is 95.9 Å². The molecule has 4 aromatic carbocycles. The minimum Gasteiger partial charge on any atom is -0.433 e. The lowest BCUT2D eigenvalue weighted by molar-refractivity contribution is 0.107.